The zero-order valence-corrected chi connectivity index (χ0v) is 11.2. The molecule has 0 radical (unpaired) electrons. The van der Waals surface area contributed by atoms with Gasteiger partial charge in [-0.15, -0.1) is 10.2 Å². The van der Waals surface area contributed by atoms with Gasteiger partial charge in [0.25, 0.3) is 11.6 Å². The minimum Gasteiger partial charge on any atom is -0.370 e. The van der Waals surface area contributed by atoms with Crippen LogP contribution in [0, 0.1) is 10.1 Å². The molecule has 0 spiro atoms. The van der Waals surface area contributed by atoms with E-state index >= 15 is 0 Å². The largest absolute Gasteiger partial charge is 0.370 e. The van der Waals surface area contributed by atoms with Gasteiger partial charge in [0.05, 0.1) is 4.92 Å². The maximum atomic E-state index is 12.1. The number of carbonyl (C=O) groups is 1. The molecule has 20 heavy (non-hydrogen) atoms. The predicted molar refractivity (Wildman–Crippen MR) is 72.9 cm³/mol. The summed E-state index contributed by atoms with van der Waals surface area (Å²) in [5.41, 5.74) is 0.991. The molecule has 1 amide bonds. The Hall–Kier alpha value is -2.62. The van der Waals surface area contributed by atoms with Gasteiger partial charge in [0.15, 0.2) is 0 Å². The van der Waals surface area contributed by atoms with Crippen molar-refractivity contribution in [2.45, 2.75) is 6.92 Å². The molecular formula is C10H10N6O3S. The molecule has 0 unspecified atom stereocenters. The van der Waals surface area contributed by atoms with Crippen LogP contribution >= 0.6 is 11.3 Å². The highest BCUT2D eigenvalue weighted by Crippen LogP contribution is 2.22. The summed E-state index contributed by atoms with van der Waals surface area (Å²) in [6, 6.07) is 1.33. The third-order valence-electron chi connectivity index (χ3n) is 2.26. The van der Waals surface area contributed by atoms with Gasteiger partial charge in [-0.05, 0) is 6.92 Å². The van der Waals surface area contributed by atoms with Gasteiger partial charge < -0.3 is 5.32 Å². The highest BCUT2D eigenvalue weighted by Gasteiger charge is 2.22. The molecule has 2 heterocycles. The Morgan fingerprint density at radius 1 is 1.55 bits per heavy atom. The molecule has 2 rings (SSSR count). The van der Waals surface area contributed by atoms with Crippen LogP contribution in [-0.4, -0.2) is 32.6 Å². The first-order chi connectivity index (χ1) is 9.61. The Labute approximate surface area is 117 Å². The first-order valence-corrected chi connectivity index (χ1v) is 6.45. The smallest absolute Gasteiger partial charge is 0.300 e. The minimum atomic E-state index is -0.655. The number of rotatable bonds is 5. The fourth-order valence-corrected chi connectivity index (χ4v) is 1.89. The Morgan fingerprint density at radius 2 is 2.35 bits per heavy atom. The highest BCUT2D eigenvalue weighted by atomic mass is 32.1. The van der Waals surface area contributed by atoms with Gasteiger partial charge in [0, 0.05) is 12.6 Å². The van der Waals surface area contributed by atoms with E-state index in [1.165, 1.54) is 11.6 Å². The number of carbonyl (C=O) groups excluding carboxylic acids is 1. The highest BCUT2D eigenvalue weighted by molar-refractivity contribution is 7.13. The van der Waals surface area contributed by atoms with Crippen molar-refractivity contribution < 1.29 is 9.72 Å². The molecule has 0 atom stereocenters. The minimum absolute atomic E-state index is 0.0869. The summed E-state index contributed by atoms with van der Waals surface area (Å²) in [4.78, 5) is 26.2. The van der Waals surface area contributed by atoms with Crippen LogP contribution in [0.3, 0.4) is 0 Å². The fourth-order valence-electron chi connectivity index (χ4n) is 1.45. The molecule has 2 aromatic heterocycles. The van der Waals surface area contributed by atoms with Crippen molar-refractivity contribution in [3.05, 3.63) is 33.5 Å². The molecule has 0 aliphatic heterocycles. The van der Waals surface area contributed by atoms with E-state index in [-0.39, 0.29) is 16.4 Å². The van der Waals surface area contributed by atoms with E-state index < -0.39 is 10.8 Å². The molecule has 2 aromatic rings. The summed E-state index contributed by atoms with van der Waals surface area (Å²) in [7, 11) is 0. The van der Waals surface area contributed by atoms with Crippen LogP contribution in [0.25, 0.3) is 0 Å². The van der Waals surface area contributed by atoms with Crippen molar-refractivity contribution in [3.8, 4) is 0 Å². The predicted octanol–water partition coefficient (Wildman–Crippen LogP) is 1.53. The van der Waals surface area contributed by atoms with Crippen LogP contribution in [-0.2, 0) is 0 Å². The molecule has 0 aliphatic carbocycles. The van der Waals surface area contributed by atoms with Gasteiger partial charge in [-0.3, -0.25) is 20.2 Å². The van der Waals surface area contributed by atoms with Crippen LogP contribution < -0.4 is 10.6 Å². The van der Waals surface area contributed by atoms with Crippen molar-refractivity contribution in [2.24, 2.45) is 0 Å². The van der Waals surface area contributed by atoms with Gasteiger partial charge in [0.1, 0.15) is 23.1 Å². The number of nitro groups is 1. The Morgan fingerprint density at radius 3 is 2.95 bits per heavy atom. The zero-order valence-electron chi connectivity index (χ0n) is 10.4. The fraction of sp³-hybridized carbons (Fsp3) is 0.200. The number of aromatic nitrogens is 3. The lowest BCUT2D eigenvalue weighted by Crippen LogP contribution is -2.15. The quantitative estimate of drug-likeness (QED) is 0.633. The maximum Gasteiger partial charge on any atom is 0.300 e. The van der Waals surface area contributed by atoms with Crippen LogP contribution in [0.1, 0.15) is 17.3 Å². The normalized spacial score (nSPS) is 10.1. The monoisotopic (exact) mass is 294 g/mol. The first-order valence-electron chi connectivity index (χ1n) is 5.57. The number of pyridine rings is 1. The summed E-state index contributed by atoms with van der Waals surface area (Å²) in [6.45, 7) is 2.44. The van der Waals surface area contributed by atoms with Gasteiger partial charge in [-0.2, -0.15) is 0 Å². The van der Waals surface area contributed by atoms with Crippen molar-refractivity contribution in [1.29, 1.82) is 0 Å². The topological polar surface area (TPSA) is 123 Å². The average Bonchev–Trinajstić information content (AvgIpc) is 2.91. The second kappa shape index (κ2) is 6.02. The maximum absolute atomic E-state index is 12.1. The second-order valence-corrected chi connectivity index (χ2v) is 4.41. The van der Waals surface area contributed by atoms with E-state index in [1.807, 2.05) is 6.92 Å². The van der Waals surface area contributed by atoms with Crippen molar-refractivity contribution >= 4 is 33.9 Å². The van der Waals surface area contributed by atoms with Crippen LogP contribution in [0.2, 0.25) is 0 Å². The lowest BCUT2D eigenvalue weighted by atomic mass is 10.2. The Bertz CT molecular complexity index is 630. The van der Waals surface area contributed by atoms with Gasteiger partial charge in [-0.25, -0.2) is 4.98 Å². The second-order valence-electron chi connectivity index (χ2n) is 3.57. The lowest BCUT2D eigenvalue weighted by Gasteiger charge is -2.06. The third-order valence-corrected chi connectivity index (χ3v) is 2.87. The lowest BCUT2D eigenvalue weighted by molar-refractivity contribution is -0.385. The third kappa shape index (κ3) is 3.03. The molecule has 10 heteroatoms. The summed E-state index contributed by atoms with van der Waals surface area (Å²) in [5, 5.41) is 23.8. The van der Waals surface area contributed by atoms with Crippen molar-refractivity contribution in [2.75, 3.05) is 17.2 Å². The number of amides is 1. The molecule has 0 saturated heterocycles. The van der Waals surface area contributed by atoms with E-state index in [0.717, 1.165) is 17.5 Å². The van der Waals surface area contributed by atoms with Crippen LogP contribution in [0.4, 0.5) is 16.6 Å². The zero-order chi connectivity index (χ0) is 14.5. The SMILES string of the molecule is CCNc1cc(C(=O)Nc2nncs2)c([N+](=O)[O-])cn1. The molecule has 0 saturated carbocycles. The molecule has 0 aromatic carbocycles. The van der Waals surface area contributed by atoms with E-state index in [2.05, 4.69) is 25.8 Å². The Balaban J connectivity index is 2.33. The molecule has 0 fully saturated rings. The van der Waals surface area contributed by atoms with Gasteiger partial charge >= 0.3 is 0 Å². The number of hydrogen-bond donors (Lipinski definition) is 2. The number of anilines is 2. The number of hydrogen-bond acceptors (Lipinski definition) is 8. The van der Waals surface area contributed by atoms with Gasteiger partial charge in [-0.1, -0.05) is 11.3 Å². The molecule has 2 N–H and O–H groups in total. The van der Waals surface area contributed by atoms with Crippen LogP contribution in [0.15, 0.2) is 17.8 Å². The van der Waals surface area contributed by atoms with E-state index in [4.69, 9.17) is 0 Å². The average molecular weight is 294 g/mol. The number of nitrogens with one attached hydrogen (secondary N) is 2. The van der Waals surface area contributed by atoms with Crippen LogP contribution in [0.5, 0.6) is 0 Å². The first kappa shape index (κ1) is 13.8. The molecule has 104 valence electrons. The van der Waals surface area contributed by atoms with E-state index in [9.17, 15) is 14.9 Å². The van der Waals surface area contributed by atoms with E-state index in [0.29, 0.717) is 12.4 Å². The summed E-state index contributed by atoms with van der Waals surface area (Å²) >= 11 is 1.12. The van der Waals surface area contributed by atoms with Crippen molar-refractivity contribution in [1.82, 2.24) is 15.2 Å². The standard InChI is InChI=1S/C10H10N6O3S/c1-2-11-8-3-6(7(4-12-8)16(18)19)9(17)14-10-15-13-5-20-10/h3-5H,2H2,1H3,(H,11,12)(H,14,15,17). The Kier molecular flexibility index (Phi) is 4.15. The molecule has 0 aliphatic rings. The molecule has 9 nitrogen and oxygen atoms in total. The van der Waals surface area contributed by atoms with Gasteiger partial charge in [0.2, 0.25) is 5.13 Å². The van der Waals surface area contributed by atoms with E-state index in [1.54, 1.807) is 0 Å². The summed E-state index contributed by atoms with van der Waals surface area (Å²) < 4.78 is 0. The summed E-state index contributed by atoms with van der Waals surface area (Å²) in [5.74, 6) is -0.240. The molecule has 0 bridgehead atoms. The molecular weight excluding hydrogens is 284 g/mol. The van der Waals surface area contributed by atoms with Crippen molar-refractivity contribution in [3.63, 3.8) is 0 Å². The number of nitrogens with zero attached hydrogens (tertiary/aromatic N) is 4. The summed E-state index contributed by atoms with van der Waals surface area (Å²) in [6.07, 6.45) is 1.05.